The van der Waals surface area contributed by atoms with E-state index in [1.807, 2.05) is 24.3 Å². The van der Waals surface area contributed by atoms with Crippen molar-refractivity contribution in [2.45, 2.75) is 19.4 Å². The Morgan fingerprint density at radius 3 is 2.65 bits per heavy atom. The third-order valence-corrected chi connectivity index (χ3v) is 3.57. The van der Waals surface area contributed by atoms with Gasteiger partial charge in [0.2, 0.25) is 0 Å². The van der Waals surface area contributed by atoms with Crippen LogP contribution < -0.4 is 15.2 Å². The first kappa shape index (κ1) is 13.0. The van der Waals surface area contributed by atoms with Gasteiger partial charge in [-0.1, -0.05) is 24.3 Å². The Kier molecular flexibility index (Phi) is 3.88. The minimum absolute atomic E-state index is 0.567. The van der Waals surface area contributed by atoms with Gasteiger partial charge in [-0.05, 0) is 34.9 Å². The van der Waals surface area contributed by atoms with Crippen LogP contribution in [0, 0.1) is 0 Å². The molecule has 0 aromatic heterocycles. The molecule has 0 bridgehead atoms. The topological polar surface area (TPSA) is 44.5 Å². The van der Waals surface area contributed by atoms with Crippen molar-refractivity contribution in [3.63, 3.8) is 0 Å². The van der Waals surface area contributed by atoms with Gasteiger partial charge in [0.25, 0.3) is 0 Å². The molecule has 2 N–H and O–H groups in total. The molecule has 0 aliphatic carbocycles. The van der Waals surface area contributed by atoms with Gasteiger partial charge < -0.3 is 15.2 Å². The molecule has 0 saturated carbocycles. The van der Waals surface area contributed by atoms with Crippen molar-refractivity contribution < 1.29 is 9.47 Å². The van der Waals surface area contributed by atoms with Crippen LogP contribution in [0.1, 0.15) is 16.7 Å². The van der Waals surface area contributed by atoms with Crippen LogP contribution in [0.15, 0.2) is 42.5 Å². The molecule has 3 heteroatoms. The molecular weight excluding hydrogens is 250 g/mol. The zero-order chi connectivity index (χ0) is 13.8. The monoisotopic (exact) mass is 269 g/mol. The van der Waals surface area contributed by atoms with E-state index in [9.17, 15) is 0 Å². The van der Waals surface area contributed by atoms with Crippen molar-refractivity contribution in [3.8, 4) is 11.5 Å². The molecule has 0 saturated heterocycles. The SMILES string of the molecule is NCc1ccc(OCCc2ccc3c(c2)CCO3)cc1. The van der Waals surface area contributed by atoms with Crippen molar-refractivity contribution in [3.05, 3.63) is 59.2 Å². The number of hydrogen-bond acceptors (Lipinski definition) is 3. The summed E-state index contributed by atoms with van der Waals surface area (Å²) in [6.45, 7) is 2.06. The van der Waals surface area contributed by atoms with E-state index < -0.39 is 0 Å². The summed E-state index contributed by atoms with van der Waals surface area (Å²) in [7, 11) is 0. The van der Waals surface area contributed by atoms with E-state index in [1.54, 1.807) is 0 Å². The summed E-state index contributed by atoms with van der Waals surface area (Å²) in [5.41, 5.74) is 9.30. The number of benzene rings is 2. The number of rotatable bonds is 5. The number of hydrogen-bond donors (Lipinski definition) is 1. The molecule has 0 radical (unpaired) electrons. The summed E-state index contributed by atoms with van der Waals surface area (Å²) in [6.07, 6.45) is 1.93. The molecule has 0 amide bonds. The van der Waals surface area contributed by atoms with Gasteiger partial charge in [-0.3, -0.25) is 0 Å². The third-order valence-electron chi connectivity index (χ3n) is 3.57. The maximum atomic E-state index is 5.76. The van der Waals surface area contributed by atoms with Crippen LogP contribution in [0.2, 0.25) is 0 Å². The van der Waals surface area contributed by atoms with Crippen LogP contribution in [0.25, 0.3) is 0 Å². The van der Waals surface area contributed by atoms with Gasteiger partial charge in [0, 0.05) is 19.4 Å². The van der Waals surface area contributed by atoms with Gasteiger partial charge in [-0.2, -0.15) is 0 Å². The van der Waals surface area contributed by atoms with E-state index in [0.717, 1.165) is 36.5 Å². The quantitative estimate of drug-likeness (QED) is 0.907. The van der Waals surface area contributed by atoms with Gasteiger partial charge >= 0.3 is 0 Å². The molecule has 1 aliphatic rings. The van der Waals surface area contributed by atoms with Crippen LogP contribution in [0.5, 0.6) is 11.5 Å². The van der Waals surface area contributed by atoms with Crippen LogP contribution in [-0.4, -0.2) is 13.2 Å². The lowest BCUT2D eigenvalue weighted by molar-refractivity contribution is 0.322. The zero-order valence-corrected chi connectivity index (χ0v) is 11.5. The Morgan fingerprint density at radius 2 is 1.85 bits per heavy atom. The molecule has 1 heterocycles. The molecule has 2 aromatic rings. The van der Waals surface area contributed by atoms with Crippen molar-refractivity contribution in [1.29, 1.82) is 0 Å². The van der Waals surface area contributed by atoms with Crippen LogP contribution in [-0.2, 0) is 19.4 Å². The fraction of sp³-hybridized carbons (Fsp3) is 0.294. The summed E-state index contributed by atoms with van der Waals surface area (Å²) in [5, 5.41) is 0. The van der Waals surface area contributed by atoms with E-state index in [1.165, 1.54) is 11.1 Å². The van der Waals surface area contributed by atoms with E-state index in [0.29, 0.717) is 13.2 Å². The predicted octanol–water partition coefficient (Wildman–Crippen LogP) is 2.70. The lowest BCUT2D eigenvalue weighted by Gasteiger charge is -2.08. The normalized spacial score (nSPS) is 12.8. The Hall–Kier alpha value is -2.00. The third kappa shape index (κ3) is 2.94. The smallest absolute Gasteiger partial charge is 0.122 e. The summed E-state index contributed by atoms with van der Waals surface area (Å²) < 4.78 is 11.3. The molecular formula is C17H19NO2. The molecule has 20 heavy (non-hydrogen) atoms. The van der Waals surface area contributed by atoms with E-state index in [4.69, 9.17) is 15.2 Å². The van der Waals surface area contributed by atoms with Gasteiger partial charge in [0.15, 0.2) is 0 Å². The van der Waals surface area contributed by atoms with E-state index in [2.05, 4.69) is 18.2 Å². The van der Waals surface area contributed by atoms with Crippen molar-refractivity contribution in [1.82, 2.24) is 0 Å². The fourth-order valence-electron chi connectivity index (χ4n) is 2.40. The highest BCUT2D eigenvalue weighted by atomic mass is 16.5. The summed E-state index contributed by atoms with van der Waals surface area (Å²) in [4.78, 5) is 0. The van der Waals surface area contributed by atoms with E-state index >= 15 is 0 Å². The fourth-order valence-corrected chi connectivity index (χ4v) is 2.40. The largest absolute Gasteiger partial charge is 0.493 e. The molecule has 2 aromatic carbocycles. The predicted molar refractivity (Wildman–Crippen MR) is 79.2 cm³/mol. The lowest BCUT2D eigenvalue weighted by Crippen LogP contribution is -2.02. The Labute approximate surface area is 119 Å². The summed E-state index contributed by atoms with van der Waals surface area (Å²) >= 11 is 0. The Bertz CT molecular complexity index is 578. The van der Waals surface area contributed by atoms with Gasteiger partial charge in [-0.25, -0.2) is 0 Å². The first-order chi connectivity index (χ1) is 9.85. The molecule has 3 nitrogen and oxygen atoms in total. The second-order valence-electron chi connectivity index (χ2n) is 4.99. The first-order valence-electron chi connectivity index (χ1n) is 7.01. The maximum Gasteiger partial charge on any atom is 0.122 e. The zero-order valence-electron chi connectivity index (χ0n) is 11.5. The molecule has 104 valence electrons. The highest BCUT2D eigenvalue weighted by molar-refractivity contribution is 5.39. The minimum atomic E-state index is 0.567. The molecule has 1 aliphatic heterocycles. The summed E-state index contributed by atoms with van der Waals surface area (Å²) in [6, 6.07) is 14.4. The second-order valence-corrected chi connectivity index (χ2v) is 4.99. The molecule has 0 unspecified atom stereocenters. The second kappa shape index (κ2) is 5.97. The van der Waals surface area contributed by atoms with Gasteiger partial charge in [-0.15, -0.1) is 0 Å². The highest BCUT2D eigenvalue weighted by Crippen LogP contribution is 2.26. The number of fused-ring (bicyclic) bond motifs is 1. The van der Waals surface area contributed by atoms with E-state index in [-0.39, 0.29) is 0 Å². The average molecular weight is 269 g/mol. The molecule has 0 fully saturated rings. The highest BCUT2D eigenvalue weighted by Gasteiger charge is 2.11. The molecule has 0 atom stereocenters. The maximum absolute atomic E-state index is 5.76. The van der Waals surface area contributed by atoms with Crippen LogP contribution >= 0.6 is 0 Å². The Morgan fingerprint density at radius 1 is 1.05 bits per heavy atom. The van der Waals surface area contributed by atoms with Crippen molar-refractivity contribution in [2.24, 2.45) is 5.73 Å². The Balaban J connectivity index is 1.54. The average Bonchev–Trinajstić information content (AvgIpc) is 2.95. The van der Waals surface area contributed by atoms with Crippen molar-refractivity contribution >= 4 is 0 Å². The van der Waals surface area contributed by atoms with Gasteiger partial charge in [0.05, 0.1) is 13.2 Å². The standard InChI is InChI=1S/C17H19NO2/c18-12-14-1-4-16(5-2-14)19-9-7-13-3-6-17-15(11-13)8-10-20-17/h1-6,11H,7-10,12,18H2. The summed E-state index contributed by atoms with van der Waals surface area (Å²) in [5.74, 6) is 1.93. The van der Waals surface area contributed by atoms with Crippen LogP contribution in [0.3, 0.4) is 0 Å². The molecule has 3 rings (SSSR count). The lowest BCUT2D eigenvalue weighted by atomic mass is 10.1. The van der Waals surface area contributed by atoms with Crippen LogP contribution in [0.4, 0.5) is 0 Å². The van der Waals surface area contributed by atoms with Gasteiger partial charge in [0.1, 0.15) is 11.5 Å². The first-order valence-corrected chi connectivity index (χ1v) is 7.01. The number of nitrogens with two attached hydrogens (primary N) is 1. The minimum Gasteiger partial charge on any atom is -0.493 e. The van der Waals surface area contributed by atoms with Crippen molar-refractivity contribution in [2.75, 3.05) is 13.2 Å². The molecule has 0 spiro atoms. The number of ether oxygens (including phenoxy) is 2.